The zero-order chi connectivity index (χ0) is 29.0. The molecule has 1 saturated heterocycles. The first-order valence-electron chi connectivity index (χ1n) is 15.4. The van der Waals surface area contributed by atoms with Crippen LogP contribution < -0.4 is 0 Å². The molecule has 2 fully saturated rings. The van der Waals surface area contributed by atoms with Crippen molar-refractivity contribution in [3.8, 4) is 0 Å². The molecule has 218 valence electrons. The number of carbonyl (C=O) groups excluding carboxylic acids is 1. The molecule has 1 aromatic carbocycles. The van der Waals surface area contributed by atoms with Gasteiger partial charge in [-0.05, 0) is 87.5 Å². The summed E-state index contributed by atoms with van der Waals surface area (Å²) < 4.78 is 17.6. The van der Waals surface area contributed by atoms with Crippen LogP contribution in [0.4, 0.5) is 0 Å². The molecule has 1 saturated carbocycles. The van der Waals surface area contributed by atoms with Crippen molar-refractivity contribution in [2.75, 3.05) is 20.3 Å². The number of Topliss-reactive ketones (excluding diaryl/α,β-unsaturated/α-hetero) is 1. The third-order valence-electron chi connectivity index (χ3n) is 9.77. The highest BCUT2D eigenvalue weighted by Gasteiger charge is 2.51. The predicted octanol–water partition coefficient (Wildman–Crippen LogP) is 8.90. The fraction of sp³-hybridized carbons (Fsp3) is 0.686. The van der Waals surface area contributed by atoms with Gasteiger partial charge in [-0.2, -0.15) is 0 Å². The lowest BCUT2D eigenvalue weighted by atomic mass is 9.52. The quantitative estimate of drug-likeness (QED) is 0.384. The molecular formula is C35H54O4. The molecular weight excluding hydrogens is 484 g/mol. The number of hydrogen-bond donors (Lipinski definition) is 0. The van der Waals surface area contributed by atoms with E-state index in [1.807, 2.05) is 27.9 Å². The standard InChI is InChI=1S/C30H40O4.C3H8.C2H6/c1-19-24-12-9-22-17-28(3,32-6)14-13-25(22)27(24)26(18-29(19,4)20(2)31)21-7-10-23(11-8-21)30(5)33-15-16-34-30;1-3-2;1-2/h7-8,10-11,17,19,24,26H,9,12-16,18H2,1-6H3;3H2,1-2H3;1-2H3/t19?,24?,26-,28?,29+;;/m1../s1. The highest BCUT2D eigenvalue weighted by Crippen LogP contribution is 2.59. The van der Waals surface area contributed by atoms with E-state index in [9.17, 15) is 4.79 Å². The Hall–Kier alpha value is -1.75. The number of carbonyl (C=O) groups is 1. The Morgan fingerprint density at radius 1 is 1.03 bits per heavy atom. The fourth-order valence-corrected chi connectivity index (χ4v) is 7.08. The van der Waals surface area contributed by atoms with Gasteiger partial charge in [-0.15, -0.1) is 0 Å². The minimum atomic E-state index is -0.660. The fourth-order valence-electron chi connectivity index (χ4n) is 7.08. The third kappa shape index (κ3) is 6.14. The molecule has 1 aliphatic heterocycles. The second-order valence-corrected chi connectivity index (χ2v) is 12.3. The zero-order valence-corrected chi connectivity index (χ0v) is 26.4. The van der Waals surface area contributed by atoms with Gasteiger partial charge in [0.2, 0.25) is 0 Å². The molecule has 1 heterocycles. The maximum Gasteiger partial charge on any atom is 0.192 e. The molecule has 3 unspecified atom stereocenters. The molecule has 0 spiro atoms. The van der Waals surface area contributed by atoms with E-state index in [2.05, 4.69) is 65.0 Å². The van der Waals surface area contributed by atoms with Crippen LogP contribution in [0, 0.1) is 17.3 Å². The van der Waals surface area contributed by atoms with Gasteiger partial charge in [-0.1, -0.05) is 77.8 Å². The summed E-state index contributed by atoms with van der Waals surface area (Å²) in [6.45, 7) is 20.0. The summed E-state index contributed by atoms with van der Waals surface area (Å²) in [6, 6.07) is 8.81. The first-order valence-corrected chi connectivity index (χ1v) is 15.4. The minimum absolute atomic E-state index is 0.172. The van der Waals surface area contributed by atoms with Gasteiger partial charge in [0.05, 0.1) is 18.8 Å². The Morgan fingerprint density at radius 2 is 1.62 bits per heavy atom. The summed E-state index contributed by atoms with van der Waals surface area (Å²) >= 11 is 0. The van der Waals surface area contributed by atoms with Crippen molar-refractivity contribution in [2.45, 2.75) is 118 Å². The molecule has 4 aliphatic rings. The van der Waals surface area contributed by atoms with Gasteiger partial charge in [-0.25, -0.2) is 0 Å². The summed E-state index contributed by atoms with van der Waals surface area (Å²) in [7, 11) is 1.82. The monoisotopic (exact) mass is 538 g/mol. The van der Waals surface area contributed by atoms with E-state index in [1.165, 1.54) is 17.6 Å². The first-order chi connectivity index (χ1) is 18.5. The Morgan fingerprint density at radius 3 is 2.15 bits per heavy atom. The van der Waals surface area contributed by atoms with Crippen LogP contribution in [0.2, 0.25) is 0 Å². The first kappa shape index (κ1) is 31.8. The van der Waals surface area contributed by atoms with Crippen LogP contribution in [0.1, 0.15) is 118 Å². The topological polar surface area (TPSA) is 44.8 Å². The molecule has 1 aromatic rings. The van der Waals surface area contributed by atoms with Gasteiger partial charge in [0.1, 0.15) is 5.78 Å². The Balaban J connectivity index is 0.000000787. The molecule has 39 heavy (non-hydrogen) atoms. The smallest absolute Gasteiger partial charge is 0.192 e. The summed E-state index contributed by atoms with van der Waals surface area (Å²) in [5.74, 6) is 0.716. The van der Waals surface area contributed by atoms with Gasteiger partial charge in [-0.3, -0.25) is 4.79 Å². The number of hydrogen-bond acceptors (Lipinski definition) is 4. The van der Waals surface area contributed by atoms with Gasteiger partial charge in [0.15, 0.2) is 5.79 Å². The number of fused-ring (bicyclic) bond motifs is 2. The van der Waals surface area contributed by atoms with E-state index in [-0.39, 0.29) is 16.9 Å². The van der Waals surface area contributed by atoms with E-state index in [4.69, 9.17) is 14.2 Å². The number of rotatable bonds is 4. The summed E-state index contributed by atoms with van der Waals surface area (Å²) in [5.41, 5.74) is 6.49. The molecule has 5 atom stereocenters. The number of benzene rings is 1. The highest BCUT2D eigenvalue weighted by molar-refractivity contribution is 5.83. The summed E-state index contributed by atoms with van der Waals surface area (Å²) in [5, 5.41) is 0. The number of ketones is 1. The second kappa shape index (κ2) is 12.8. The van der Waals surface area contributed by atoms with Crippen molar-refractivity contribution in [3.05, 3.63) is 58.2 Å². The minimum Gasteiger partial charge on any atom is -0.374 e. The van der Waals surface area contributed by atoms with Crippen LogP contribution >= 0.6 is 0 Å². The Labute approximate surface area is 238 Å². The number of methoxy groups -OCH3 is 1. The molecule has 4 nitrogen and oxygen atoms in total. The Bertz CT molecular complexity index is 1040. The highest BCUT2D eigenvalue weighted by atomic mass is 16.7. The van der Waals surface area contributed by atoms with E-state index in [0.29, 0.717) is 30.8 Å². The van der Waals surface area contributed by atoms with Crippen molar-refractivity contribution in [2.24, 2.45) is 17.3 Å². The SMILES string of the molecule is CC.CCC.COC1(C)C=C2CCC3C(=C2CC1)[C@@H](c1ccc(C2(C)OCCO2)cc1)C[C@](C)(C(C)=O)C3C. The van der Waals surface area contributed by atoms with Crippen LogP contribution in [-0.4, -0.2) is 31.7 Å². The van der Waals surface area contributed by atoms with Crippen molar-refractivity contribution in [1.29, 1.82) is 0 Å². The molecule has 3 aliphatic carbocycles. The van der Waals surface area contributed by atoms with Crippen LogP contribution in [0.5, 0.6) is 0 Å². The third-order valence-corrected chi connectivity index (χ3v) is 9.77. The van der Waals surface area contributed by atoms with Gasteiger partial charge in [0, 0.05) is 24.0 Å². The van der Waals surface area contributed by atoms with Crippen molar-refractivity contribution < 1.29 is 19.0 Å². The maximum absolute atomic E-state index is 13.0. The van der Waals surface area contributed by atoms with E-state index >= 15 is 0 Å². The molecule has 0 N–H and O–H groups in total. The molecule has 0 radical (unpaired) electrons. The van der Waals surface area contributed by atoms with Gasteiger partial charge >= 0.3 is 0 Å². The van der Waals surface area contributed by atoms with Gasteiger partial charge in [0.25, 0.3) is 0 Å². The number of ether oxygens (including phenoxy) is 3. The van der Waals surface area contributed by atoms with E-state index < -0.39 is 5.79 Å². The molecule has 0 amide bonds. The average molecular weight is 539 g/mol. The molecule has 4 heteroatoms. The lowest BCUT2D eigenvalue weighted by Gasteiger charge is -2.52. The van der Waals surface area contributed by atoms with E-state index in [1.54, 1.807) is 18.1 Å². The lowest BCUT2D eigenvalue weighted by molar-refractivity contribution is -0.149. The van der Waals surface area contributed by atoms with Gasteiger partial charge < -0.3 is 14.2 Å². The van der Waals surface area contributed by atoms with Crippen LogP contribution in [0.25, 0.3) is 0 Å². The van der Waals surface area contributed by atoms with Crippen molar-refractivity contribution in [3.63, 3.8) is 0 Å². The van der Waals surface area contributed by atoms with Crippen LogP contribution in [-0.2, 0) is 24.8 Å². The number of allylic oxidation sites excluding steroid dienone is 3. The largest absolute Gasteiger partial charge is 0.374 e. The average Bonchev–Trinajstić information content (AvgIpc) is 3.39. The predicted molar refractivity (Wildman–Crippen MR) is 161 cm³/mol. The normalized spacial score (nSPS) is 33.0. The van der Waals surface area contributed by atoms with E-state index in [0.717, 1.165) is 37.7 Å². The van der Waals surface area contributed by atoms with Crippen molar-refractivity contribution in [1.82, 2.24) is 0 Å². The lowest BCUT2D eigenvalue weighted by Crippen LogP contribution is -2.46. The molecule has 5 rings (SSSR count). The van der Waals surface area contributed by atoms with Crippen molar-refractivity contribution >= 4 is 5.78 Å². The molecule has 0 aromatic heterocycles. The summed E-state index contributed by atoms with van der Waals surface area (Å²) in [4.78, 5) is 13.0. The maximum atomic E-state index is 13.0. The van der Waals surface area contributed by atoms with Crippen LogP contribution in [0.3, 0.4) is 0 Å². The molecule has 0 bridgehead atoms. The Kier molecular flexibility index (Phi) is 10.5. The second-order valence-electron chi connectivity index (χ2n) is 12.3. The summed E-state index contributed by atoms with van der Waals surface area (Å²) in [6.07, 6.45) is 8.77. The zero-order valence-electron chi connectivity index (χ0n) is 26.4. The van der Waals surface area contributed by atoms with Crippen LogP contribution in [0.15, 0.2) is 47.1 Å².